The molecule has 0 atom stereocenters. The average Bonchev–Trinajstić information content (AvgIpc) is 2.41. The summed E-state index contributed by atoms with van der Waals surface area (Å²) in [6.07, 6.45) is 1.72. The van der Waals surface area contributed by atoms with Crippen LogP contribution < -0.4 is 0 Å². The fraction of sp³-hybridized carbons (Fsp3) is 0. The lowest BCUT2D eigenvalue weighted by atomic mass is 10.0. The van der Waals surface area contributed by atoms with Gasteiger partial charge in [-0.3, -0.25) is 0 Å². The Labute approximate surface area is 121 Å². The van der Waals surface area contributed by atoms with Crippen LogP contribution >= 0.6 is 23.2 Å². The zero-order chi connectivity index (χ0) is 13.8. The third-order valence-electron chi connectivity index (χ3n) is 2.56. The van der Waals surface area contributed by atoms with Gasteiger partial charge in [0, 0.05) is 0 Å². The van der Waals surface area contributed by atoms with Gasteiger partial charge in [0.1, 0.15) is 5.75 Å². The lowest BCUT2D eigenvalue weighted by Crippen LogP contribution is -1.83. The van der Waals surface area contributed by atoms with E-state index in [1.807, 2.05) is 0 Å². The van der Waals surface area contributed by atoms with Crippen molar-refractivity contribution in [1.29, 1.82) is 5.26 Å². The van der Waals surface area contributed by atoms with E-state index in [1.165, 1.54) is 0 Å². The van der Waals surface area contributed by atoms with Gasteiger partial charge < -0.3 is 5.11 Å². The number of nitriles is 1. The molecule has 0 heterocycles. The van der Waals surface area contributed by atoms with Crippen molar-refractivity contribution in [3.05, 3.63) is 63.6 Å². The van der Waals surface area contributed by atoms with E-state index in [4.69, 9.17) is 23.2 Å². The first-order valence-electron chi connectivity index (χ1n) is 5.46. The van der Waals surface area contributed by atoms with Crippen LogP contribution in [-0.4, -0.2) is 5.11 Å². The van der Waals surface area contributed by atoms with Gasteiger partial charge in [0.25, 0.3) is 0 Å². The maximum Gasteiger partial charge on any atom is 0.115 e. The van der Waals surface area contributed by atoms with Gasteiger partial charge in [-0.15, -0.1) is 0 Å². The number of allylic oxidation sites excluding steroid dienone is 1. The summed E-state index contributed by atoms with van der Waals surface area (Å²) in [5.41, 5.74) is 2.00. The zero-order valence-electron chi connectivity index (χ0n) is 9.77. The highest BCUT2D eigenvalue weighted by Crippen LogP contribution is 2.27. The van der Waals surface area contributed by atoms with Crippen molar-refractivity contribution in [1.82, 2.24) is 0 Å². The third kappa shape index (κ3) is 3.29. The van der Waals surface area contributed by atoms with E-state index in [2.05, 4.69) is 6.07 Å². The molecule has 0 aliphatic carbocycles. The van der Waals surface area contributed by atoms with Gasteiger partial charge in [0.2, 0.25) is 0 Å². The van der Waals surface area contributed by atoms with Crippen molar-refractivity contribution in [2.45, 2.75) is 0 Å². The Morgan fingerprint density at radius 1 is 1.05 bits per heavy atom. The van der Waals surface area contributed by atoms with Crippen molar-refractivity contribution in [3.8, 4) is 11.8 Å². The number of phenols is 1. The second kappa shape index (κ2) is 5.79. The predicted octanol–water partition coefficient (Wildman–Crippen LogP) is 4.76. The number of hydrogen-bond acceptors (Lipinski definition) is 2. The normalized spacial score (nSPS) is 11.1. The number of halogens is 2. The SMILES string of the molecule is N#C/C(=C\c1ccc(O)cc1)c1ccc(Cl)c(Cl)c1. The van der Waals surface area contributed by atoms with E-state index in [-0.39, 0.29) is 5.75 Å². The van der Waals surface area contributed by atoms with Gasteiger partial charge in [-0.1, -0.05) is 41.4 Å². The second-order valence-electron chi connectivity index (χ2n) is 3.89. The van der Waals surface area contributed by atoms with E-state index in [0.29, 0.717) is 21.2 Å². The van der Waals surface area contributed by atoms with Gasteiger partial charge >= 0.3 is 0 Å². The van der Waals surface area contributed by atoms with Crippen molar-refractivity contribution >= 4 is 34.9 Å². The Morgan fingerprint density at radius 2 is 1.74 bits per heavy atom. The van der Waals surface area contributed by atoms with Crippen LogP contribution in [0.1, 0.15) is 11.1 Å². The summed E-state index contributed by atoms with van der Waals surface area (Å²) >= 11 is 11.8. The Bertz CT molecular complexity index is 670. The molecule has 0 unspecified atom stereocenters. The largest absolute Gasteiger partial charge is 0.508 e. The quantitative estimate of drug-likeness (QED) is 0.640. The Balaban J connectivity index is 2.42. The van der Waals surface area contributed by atoms with Gasteiger partial charge in [-0.05, 0) is 41.5 Å². The van der Waals surface area contributed by atoms with Gasteiger partial charge in [0.15, 0.2) is 0 Å². The fourth-order valence-corrected chi connectivity index (χ4v) is 1.88. The first-order chi connectivity index (χ1) is 9.10. The molecule has 0 bridgehead atoms. The molecule has 0 aliphatic heterocycles. The highest BCUT2D eigenvalue weighted by atomic mass is 35.5. The summed E-state index contributed by atoms with van der Waals surface area (Å²) in [5.74, 6) is 0.185. The van der Waals surface area contributed by atoms with E-state index in [0.717, 1.165) is 5.56 Å². The van der Waals surface area contributed by atoms with Crippen molar-refractivity contribution in [3.63, 3.8) is 0 Å². The van der Waals surface area contributed by atoms with Crippen molar-refractivity contribution in [2.24, 2.45) is 0 Å². The van der Waals surface area contributed by atoms with Crippen LogP contribution in [0.3, 0.4) is 0 Å². The first-order valence-corrected chi connectivity index (χ1v) is 6.22. The number of hydrogen-bond donors (Lipinski definition) is 1. The molecule has 19 heavy (non-hydrogen) atoms. The molecule has 2 aromatic rings. The minimum atomic E-state index is 0.185. The molecule has 1 N–H and O–H groups in total. The van der Waals surface area contributed by atoms with Crippen LogP contribution in [0.25, 0.3) is 11.6 Å². The Morgan fingerprint density at radius 3 is 2.32 bits per heavy atom. The lowest BCUT2D eigenvalue weighted by Gasteiger charge is -2.02. The Hall–Kier alpha value is -1.95. The van der Waals surface area contributed by atoms with Crippen LogP contribution in [0.4, 0.5) is 0 Å². The molecule has 0 radical (unpaired) electrons. The lowest BCUT2D eigenvalue weighted by molar-refractivity contribution is 0.475. The van der Waals surface area contributed by atoms with Crippen LogP contribution in [0.2, 0.25) is 10.0 Å². The number of benzene rings is 2. The summed E-state index contributed by atoms with van der Waals surface area (Å²) in [5, 5.41) is 19.3. The van der Waals surface area contributed by atoms with Gasteiger partial charge in [0.05, 0.1) is 21.7 Å². The highest BCUT2D eigenvalue weighted by Gasteiger charge is 2.04. The molecule has 0 aliphatic rings. The summed E-state index contributed by atoms with van der Waals surface area (Å²) in [4.78, 5) is 0. The number of phenolic OH excluding ortho intramolecular Hbond substituents is 1. The van der Waals surface area contributed by atoms with E-state index < -0.39 is 0 Å². The maximum atomic E-state index is 9.21. The van der Waals surface area contributed by atoms with Crippen molar-refractivity contribution in [2.75, 3.05) is 0 Å². The smallest absolute Gasteiger partial charge is 0.115 e. The highest BCUT2D eigenvalue weighted by molar-refractivity contribution is 6.42. The third-order valence-corrected chi connectivity index (χ3v) is 3.29. The number of nitrogens with zero attached hydrogens (tertiary/aromatic N) is 1. The predicted molar refractivity (Wildman–Crippen MR) is 78.1 cm³/mol. The molecule has 0 spiro atoms. The monoisotopic (exact) mass is 289 g/mol. The molecule has 0 aromatic heterocycles. The fourth-order valence-electron chi connectivity index (χ4n) is 1.58. The number of aromatic hydroxyl groups is 1. The summed E-state index contributed by atoms with van der Waals surface area (Å²) in [6.45, 7) is 0. The van der Waals surface area contributed by atoms with Crippen LogP contribution in [-0.2, 0) is 0 Å². The van der Waals surface area contributed by atoms with E-state index in [1.54, 1.807) is 48.5 Å². The summed E-state index contributed by atoms with van der Waals surface area (Å²) < 4.78 is 0. The molecule has 2 rings (SSSR count). The maximum absolute atomic E-state index is 9.21. The van der Waals surface area contributed by atoms with Crippen LogP contribution in [0.15, 0.2) is 42.5 Å². The molecule has 4 heteroatoms. The minimum Gasteiger partial charge on any atom is -0.508 e. The van der Waals surface area contributed by atoms with Crippen molar-refractivity contribution < 1.29 is 5.11 Å². The molecule has 2 nitrogen and oxygen atoms in total. The van der Waals surface area contributed by atoms with Gasteiger partial charge in [-0.2, -0.15) is 5.26 Å². The molecular formula is C15H9Cl2NO. The number of rotatable bonds is 2. The average molecular weight is 290 g/mol. The van der Waals surface area contributed by atoms with Crippen LogP contribution in [0, 0.1) is 11.3 Å². The zero-order valence-corrected chi connectivity index (χ0v) is 11.3. The molecule has 2 aromatic carbocycles. The molecule has 0 saturated carbocycles. The summed E-state index contributed by atoms with van der Waals surface area (Å²) in [7, 11) is 0. The summed E-state index contributed by atoms with van der Waals surface area (Å²) in [6, 6.07) is 13.8. The molecule has 0 saturated heterocycles. The van der Waals surface area contributed by atoms with E-state index >= 15 is 0 Å². The molecule has 0 fully saturated rings. The molecule has 0 amide bonds. The van der Waals surface area contributed by atoms with Gasteiger partial charge in [-0.25, -0.2) is 0 Å². The minimum absolute atomic E-state index is 0.185. The first kappa shape index (κ1) is 13.5. The second-order valence-corrected chi connectivity index (χ2v) is 4.70. The Kier molecular flexibility index (Phi) is 4.11. The van der Waals surface area contributed by atoms with Crippen LogP contribution in [0.5, 0.6) is 5.75 Å². The topological polar surface area (TPSA) is 44.0 Å². The standard InChI is InChI=1S/C15H9Cl2NO/c16-14-6-3-11(8-15(14)17)12(9-18)7-10-1-4-13(19)5-2-10/h1-8,19H/b12-7+. The van der Waals surface area contributed by atoms with E-state index in [9.17, 15) is 10.4 Å². The molecule has 94 valence electrons. The molecular weight excluding hydrogens is 281 g/mol.